The van der Waals surface area contributed by atoms with Crippen molar-refractivity contribution in [2.75, 3.05) is 13.1 Å². The zero-order chi connectivity index (χ0) is 13.7. The van der Waals surface area contributed by atoms with Crippen LogP contribution in [0.1, 0.15) is 65.7 Å². The van der Waals surface area contributed by atoms with Gasteiger partial charge in [0.25, 0.3) is 0 Å². The van der Waals surface area contributed by atoms with Crippen molar-refractivity contribution < 1.29 is 9.47 Å². The lowest BCUT2D eigenvalue weighted by molar-refractivity contribution is -0.154. The van der Waals surface area contributed by atoms with Crippen LogP contribution >= 0.6 is 0 Å². The fraction of sp³-hybridized carbons (Fsp3) is 1.00. The monoisotopic (exact) mass is 269 g/mol. The van der Waals surface area contributed by atoms with Gasteiger partial charge in [-0.15, -0.1) is 0 Å². The predicted octanol–water partition coefficient (Wildman–Crippen LogP) is 3.27. The molecule has 1 heterocycles. The summed E-state index contributed by atoms with van der Waals surface area (Å²) in [5.74, 6) is 0. The van der Waals surface area contributed by atoms with Gasteiger partial charge < -0.3 is 14.8 Å². The molecule has 1 aliphatic heterocycles. The largest absolute Gasteiger partial charge is 0.375 e. The van der Waals surface area contributed by atoms with Crippen LogP contribution in [0.15, 0.2) is 0 Å². The molecule has 0 aromatic rings. The molecule has 0 aromatic carbocycles. The molecule has 0 aromatic heterocycles. The van der Waals surface area contributed by atoms with Crippen LogP contribution in [0.25, 0.3) is 0 Å². The second-order valence-electron chi connectivity index (χ2n) is 6.54. The van der Waals surface area contributed by atoms with Gasteiger partial charge in [-0.3, -0.25) is 0 Å². The second-order valence-corrected chi connectivity index (χ2v) is 6.54. The summed E-state index contributed by atoms with van der Waals surface area (Å²) >= 11 is 0. The molecule has 2 atom stereocenters. The van der Waals surface area contributed by atoms with Crippen LogP contribution in [-0.2, 0) is 9.47 Å². The van der Waals surface area contributed by atoms with Gasteiger partial charge in [-0.1, -0.05) is 19.8 Å². The first-order valence-corrected chi connectivity index (χ1v) is 8.17. The molecule has 3 heteroatoms. The predicted molar refractivity (Wildman–Crippen MR) is 78.5 cm³/mol. The van der Waals surface area contributed by atoms with Crippen molar-refractivity contribution in [1.29, 1.82) is 0 Å². The van der Waals surface area contributed by atoms with E-state index >= 15 is 0 Å². The highest BCUT2D eigenvalue weighted by molar-refractivity contribution is 4.91. The Bertz CT molecular complexity index is 253. The summed E-state index contributed by atoms with van der Waals surface area (Å²) in [6.45, 7) is 8.69. The summed E-state index contributed by atoms with van der Waals surface area (Å²) in [5, 5.41) is 3.57. The van der Waals surface area contributed by atoms with E-state index in [1.807, 2.05) is 0 Å². The number of nitrogens with one attached hydrogen (secondary N) is 1. The molecule has 3 nitrogen and oxygen atoms in total. The van der Waals surface area contributed by atoms with Crippen LogP contribution in [0.5, 0.6) is 0 Å². The van der Waals surface area contributed by atoms with Crippen LogP contribution in [0.4, 0.5) is 0 Å². The second kappa shape index (κ2) is 7.05. The van der Waals surface area contributed by atoms with E-state index in [2.05, 4.69) is 26.1 Å². The zero-order valence-corrected chi connectivity index (χ0v) is 12.9. The van der Waals surface area contributed by atoms with Crippen LogP contribution < -0.4 is 5.32 Å². The Kier molecular flexibility index (Phi) is 5.67. The molecule has 2 unspecified atom stereocenters. The molecule has 1 saturated heterocycles. The number of hydrogen-bond acceptors (Lipinski definition) is 3. The van der Waals surface area contributed by atoms with E-state index in [0.29, 0.717) is 18.3 Å². The van der Waals surface area contributed by atoms with Gasteiger partial charge in [0.1, 0.15) is 0 Å². The van der Waals surface area contributed by atoms with E-state index in [0.717, 1.165) is 25.9 Å². The first-order chi connectivity index (χ1) is 9.13. The van der Waals surface area contributed by atoms with E-state index < -0.39 is 0 Å². The van der Waals surface area contributed by atoms with Gasteiger partial charge in [0.2, 0.25) is 0 Å². The first-order valence-electron chi connectivity index (χ1n) is 8.17. The van der Waals surface area contributed by atoms with Crippen LogP contribution in [-0.4, -0.2) is 37.0 Å². The molecule has 1 N–H and O–H groups in total. The number of rotatable bonds is 6. The standard InChI is InChI=1S/C16H31NO2/c1-4-9-17-12-16(7-5-6-8-16)19-15-10-13(2)18-14(3)11-15/h13-15,17H,4-12H2,1-3H3. The summed E-state index contributed by atoms with van der Waals surface area (Å²) in [4.78, 5) is 0. The Morgan fingerprint density at radius 3 is 2.37 bits per heavy atom. The van der Waals surface area contributed by atoms with Crippen molar-refractivity contribution in [2.45, 2.75) is 89.6 Å². The molecule has 0 amide bonds. The van der Waals surface area contributed by atoms with E-state index in [4.69, 9.17) is 9.47 Å². The summed E-state index contributed by atoms with van der Waals surface area (Å²) < 4.78 is 12.4. The first kappa shape index (κ1) is 15.3. The molecule has 19 heavy (non-hydrogen) atoms. The third-order valence-electron chi connectivity index (χ3n) is 4.46. The van der Waals surface area contributed by atoms with Gasteiger partial charge in [0.15, 0.2) is 0 Å². The van der Waals surface area contributed by atoms with Gasteiger partial charge in [-0.25, -0.2) is 0 Å². The molecule has 2 fully saturated rings. The van der Waals surface area contributed by atoms with E-state index in [1.165, 1.54) is 32.1 Å². The Balaban J connectivity index is 1.88. The Morgan fingerprint density at radius 2 is 1.79 bits per heavy atom. The topological polar surface area (TPSA) is 30.5 Å². The lowest BCUT2D eigenvalue weighted by Gasteiger charge is -2.39. The quantitative estimate of drug-likeness (QED) is 0.751. The molecule has 0 radical (unpaired) electrons. The fourth-order valence-electron chi connectivity index (χ4n) is 3.64. The highest BCUT2D eigenvalue weighted by Gasteiger charge is 2.38. The Labute approximate surface area is 118 Å². The van der Waals surface area contributed by atoms with Crippen molar-refractivity contribution in [2.24, 2.45) is 0 Å². The van der Waals surface area contributed by atoms with Crippen molar-refractivity contribution in [1.82, 2.24) is 5.32 Å². The van der Waals surface area contributed by atoms with Crippen molar-refractivity contribution in [3.63, 3.8) is 0 Å². The smallest absolute Gasteiger partial charge is 0.0810 e. The van der Waals surface area contributed by atoms with Crippen molar-refractivity contribution in [3.05, 3.63) is 0 Å². The molecule has 112 valence electrons. The Morgan fingerprint density at radius 1 is 1.16 bits per heavy atom. The van der Waals surface area contributed by atoms with E-state index in [9.17, 15) is 0 Å². The van der Waals surface area contributed by atoms with Crippen LogP contribution in [0, 0.1) is 0 Å². The number of ether oxygens (including phenoxy) is 2. The van der Waals surface area contributed by atoms with Gasteiger partial charge in [0, 0.05) is 6.54 Å². The molecular formula is C16H31NO2. The minimum Gasteiger partial charge on any atom is -0.375 e. The molecule has 0 spiro atoms. The minimum absolute atomic E-state index is 0.108. The lowest BCUT2D eigenvalue weighted by atomic mass is 9.98. The summed E-state index contributed by atoms with van der Waals surface area (Å²) in [6, 6.07) is 0. The van der Waals surface area contributed by atoms with E-state index in [1.54, 1.807) is 0 Å². The molecule has 2 aliphatic rings. The maximum absolute atomic E-state index is 6.58. The lowest BCUT2D eigenvalue weighted by Crippen LogP contribution is -2.46. The average molecular weight is 269 g/mol. The number of hydrogen-bond donors (Lipinski definition) is 1. The zero-order valence-electron chi connectivity index (χ0n) is 12.9. The van der Waals surface area contributed by atoms with Crippen molar-refractivity contribution >= 4 is 0 Å². The third-order valence-corrected chi connectivity index (χ3v) is 4.46. The van der Waals surface area contributed by atoms with Crippen molar-refractivity contribution in [3.8, 4) is 0 Å². The highest BCUT2D eigenvalue weighted by atomic mass is 16.5. The summed E-state index contributed by atoms with van der Waals surface area (Å²) in [5.41, 5.74) is 0.108. The van der Waals surface area contributed by atoms with Gasteiger partial charge in [0.05, 0.1) is 23.9 Å². The molecule has 0 bridgehead atoms. The Hall–Kier alpha value is -0.120. The fourth-order valence-corrected chi connectivity index (χ4v) is 3.64. The minimum atomic E-state index is 0.108. The normalized spacial score (nSPS) is 34.6. The van der Waals surface area contributed by atoms with Gasteiger partial charge in [-0.2, -0.15) is 0 Å². The highest BCUT2D eigenvalue weighted by Crippen LogP contribution is 2.36. The maximum atomic E-state index is 6.58. The van der Waals surface area contributed by atoms with Gasteiger partial charge >= 0.3 is 0 Å². The molecule has 1 aliphatic carbocycles. The van der Waals surface area contributed by atoms with E-state index in [-0.39, 0.29) is 5.60 Å². The average Bonchev–Trinajstić information content (AvgIpc) is 2.77. The van der Waals surface area contributed by atoms with Gasteiger partial charge in [-0.05, 0) is 52.5 Å². The van der Waals surface area contributed by atoms with Crippen LogP contribution in [0.2, 0.25) is 0 Å². The third kappa shape index (κ3) is 4.44. The molecular weight excluding hydrogens is 238 g/mol. The van der Waals surface area contributed by atoms with Crippen LogP contribution in [0.3, 0.4) is 0 Å². The maximum Gasteiger partial charge on any atom is 0.0810 e. The summed E-state index contributed by atoms with van der Waals surface area (Å²) in [7, 11) is 0. The summed E-state index contributed by atoms with van der Waals surface area (Å²) in [6.07, 6.45) is 9.48. The molecule has 2 rings (SSSR count). The molecule has 1 saturated carbocycles. The SMILES string of the molecule is CCCNCC1(OC2CC(C)OC(C)C2)CCCC1.